The van der Waals surface area contributed by atoms with Gasteiger partial charge < -0.3 is 15.1 Å². The minimum absolute atomic E-state index is 0.111. The summed E-state index contributed by atoms with van der Waals surface area (Å²) in [6.45, 7) is 6.50. The summed E-state index contributed by atoms with van der Waals surface area (Å²) in [6.07, 6.45) is 3.61. The first-order chi connectivity index (χ1) is 11.8. The normalized spacial score (nSPS) is 14.2. The lowest BCUT2D eigenvalue weighted by molar-refractivity contribution is -0.133. The molecule has 0 aromatic heterocycles. The van der Waals surface area contributed by atoms with Crippen molar-refractivity contribution in [1.29, 1.82) is 0 Å². The van der Waals surface area contributed by atoms with Crippen LogP contribution in [0.25, 0.3) is 0 Å². The molecule has 5 nitrogen and oxygen atoms in total. The van der Waals surface area contributed by atoms with Crippen LogP contribution in [0.2, 0.25) is 0 Å². The molecule has 1 aromatic carbocycles. The Morgan fingerprint density at radius 2 is 1.92 bits per heavy atom. The van der Waals surface area contributed by atoms with E-state index in [2.05, 4.69) is 5.32 Å². The third-order valence-corrected chi connectivity index (χ3v) is 4.89. The van der Waals surface area contributed by atoms with Crippen LogP contribution in [0.4, 0.5) is 11.4 Å². The molecule has 0 aliphatic heterocycles. The highest BCUT2D eigenvalue weighted by Crippen LogP contribution is 2.29. The number of hydrogen-bond donors (Lipinski definition) is 1. The van der Waals surface area contributed by atoms with E-state index < -0.39 is 0 Å². The van der Waals surface area contributed by atoms with Crippen LogP contribution in [0.15, 0.2) is 18.2 Å². The SMILES string of the molecule is CCC(=O)N(Cc1cc(NC(=O)C2CCC2)ccc1N(C)C)C(C)C. The van der Waals surface area contributed by atoms with Gasteiger partial charge in [-0.2, -0.15) is 0 Å². The molecule has 0 atom stereocenters. The molecule has 1 N–H and O–H groups in total. The Morgan fingerprint density at radius 1 is 1.24 bits per heavy atom. The van der Waals surface area contributed by atoms with Gasteiger partial charge in [-0.05, 0) is 50.5 Å². The van der Waals surface area contributed by atoms with Crippen LogP contribution in [0.3, 0.4) is 0 Å². The zero-order valence-corrected chi connectivity index (χ0v) is 16.1. The first kappa shape index (κ1) is 19.3. The highest BCUT2D eigenvalue weighted by atomic mass is 16.2. The van der Waals surface area contributed by atoms with E-state index >= 15 is 0 Å². The van der Waals surface area contributed by atoms with Crippen molar-refractivity contribution in [3.8, 4) is 0 Å². The van der Waals surface area contributed by atoms with E-state index in [4.69, 9.17) is 0 Å². The van der Waals surface area contributed by atoms with E-state index in [1.54, 1.807) is 0 Å². The van der Waals surface area contributed by atoms with Crippen molar-refractivity contribution in [2.75, 3.05) is 24.3 Å². The second kappa shape index (κ2) is 8.37. The summed E-state index contributed by atoms with van der Waals surface area (Å²) < 4.78 is 0. The van der Waals surface area contributed by atoms with Crippen molar-refractivity contribution in [3.63, 3.8) is 0 Å². The van der Waals surface area contributed by atoms with Gasteiger partial charge in [0.15, 0.2) is 0 Å². The Hall–Kier alpha value is -2.04. The highest BCUT2D eigenvalue weighted by Gasteiger charge is 2.25. The van der Waals surface area contributed by atoms with E-state index in [1.165, 1.54) is 0 Å². The van der Waals surface area contributed by atoms with Crippen LogP contribution in [0.5, 0.6) is 0 Å². The average Bonchev–Trinajstić information content (AvgIpc) is 2.49. The standard InChI is InChI=1S/C20H31N3O2/c1-6-19(24)23(14(2)3)13-16-12-17(10-11-18(16)22(4)5)21-20(25)15-8-7-9-15/h10-12,14-15H,6-9,13H2,1-5H3,(H,21,25). The van der Waals surface area contributed by atoms with Crippen LogP contribution >= 0.6 is 0 Å². The Kier molecular flexibility index (Phi) is 6.45. The van der Waals surface area contributed by atoms with Crippen molar-refractivity contribution >= 4 is 23.2 Å². The number of benzene rings is 1. The Balaban J connectivity index is 2.24. The molecule has 2 amide bonds. The van der Waals surface area contributed by atoms with Gasteiger partial charge in [-0.1, -0.05) is 13.3 Å². The smallest absolute Gasteiger partial charge is 0.227 e. The lowest BCUT2D eigenvalue weighted by Gasteiger charge is -2.29. The molecule has 2 rings (SSSR count). The molecular weight excluding hydrogens is 314 g/mol. The number of anilines is 2. The summed E-state index contributed by atoms with van der Waals surface area (Å²) in [5.74, 6) is 0.412. The predicted molar refractivity (Wildman–Crippen MR) is 103 cm³/mol. The number of nitrogens with one attached hydrogen (secondary N) is 1. The monoisotopic (exact) mass is 345 g/mol. The number of nitrogens with zero attached hydrogens (tertiary/aromatic N) is 2. The van der Waals surface area contributed by atoms with Gasteiger partial charge in [-0.15, -0.1) is 0 Å². The van der Waals surface area contributed by atoms with Crippen LogP contribution < -0.4 is 10.2 Å². The van der Waals surface area contributed by atoms with Gasteiger partial charge in [-0.3, -0.25) is 9.59 Å². The van der Waals surface area contributed by atoms with E-state index in [9.17, 15) is 9.59 Å². The van der Waals surface area contributed by atoms with Crippen molar-refractivity contribution < 1.29 is 9.59 Å². The Labute approximate surface area is 151 Å². The second-order valence-corrected chi connectivity index (χ2v) is 7.32. The van der Waals surface area contributed by atoms with Gasteiger partial charge in [0.1, 0.15) is 0 Å². The fourth-order valence-electron chi connectivity index (χ4n) is 3.09. The van der Waals surface area contributed by atoms with E-state index in [0.29, 0.717) is 13.0 Å². The molecule has 0 unspecified atom stereocenters. The number of hydrogen-bond acceptors (Lipinski definition) is 3. The molecule has 1 aliphatic carbocycles. The molecule has 0 spiro atoms. The summed E-state index contributed by atoms with van der Waals surface area (Å²) in [6, 6.07) is 6.09. The third kappa shape index (κ3) is 4.74. The zero-order valence-electron chi connectivity index (χ0n) is 16.1. The largest absolute Gasteiger partial charge is 0.377 e. The van der Waals surface area contributed by atoms with E-state index in [0.717, 1.165) is 36.2 Å². The molecule has 0 saturated heterocycles. The third-order valence-electron chi connectivity index (χ3n) is 4.89. The van der Waals surface area contributed by atoms with Crippen LogP contribution in [0.1, 0.15) is 52.0 Å². The minimum Gasteiger partial charge on any atom is -0.377 e. The number of amides is 2. The molecule has 1 aliphatic rings. The maximum absolute atomic E-state index is 12.3. The van der Waals surface area contributed by atoms with Gasteiger partial charge in [0.05, 0.1) is 0 Å². The number of carbonyl (C=O) groups excluding carboxylic acids is 2. The zero-order chi connectivity index (χ0) is 18.6. The van der Waals surface area contributed by atoms with Gasteiger partial charge in [-0.25, -0.2) is 0 Å². The Morgan fingerprint density at radius 3 is 2.40 bits per heavy atom. The number of rotatable bonds is 7. The van der Waals surface area contributed by atoms with E-state index in [-0.39, 0.29) is 23.8 Å². The quantitative estimate of drug-likeness (QED) is 0.821. The molecule has 5 heteroatoms. The molecule has 138 valence electrons. The molecule has 0 heterocycles. The maximum atomic E-state index is 12.3. The lowest BCUT2D eigenvalue weighted by Crippen LogP contribution is -2.36. The summed E-state index contributed by atoms with van der Waals surface area (Å²) >= 11 is 0. The van der Waals surface area contributed by atoms with Crippen LogP contribution in [-0.2, 0) is 16.1 Å². The van der Waals surface area contributed by atoms with Crippen molar-refractivity contribution in [2.45, 2.75) is 59.0 Å². The molecule has 1 aromatic rings. The first-order valence-electron chi connectivity index (χ1n) is 9.24. The lowest BCUT2D eigenvalue weighted by atomic mass is 9.85. The summed E-state index contributed by atoms with van der Waals surface area (Å²) in [5.41, 5.74) is 2.92. The molecule has 1 saturated carbocycles. The van der Waals surface area contributed by atoms with Crippen molar-refractivity contribution in [2.24, 2.45) is 5.92 Å². The predicted octanol–water partition coefficient (Wildman–Crippen LogP) is 3.64. The minimum atomic E-state index is 0.111. The summed E-state index contributed by atoms with van der Waals surface area (Å²) in [7, 11) is 3.99. The van der Waals surface area contributed by atoms with Gasteiger partial charge in [0.2, 0.25) is 11.8 Å². The molecule has 0 bridgehead atoms. The van der Waals surface area contributed by atoms with Crippen LogP contribution in [0, 0.1) is 5.92 Å². The summed E-state index contributed by atoms with van der Waals surface area (Å²) in [4.78, 5) is 28.4. The van der Waals surface area contributed by atoms with Crippen molar-refractivity contribution in [3.05, 3.63) is 23.8 Å². The molecular formula is C20H31N3O2. The molecule has 1 fully saturated rings. The van der Waals surface area contributed by atoms with Crippen molar-refractivity contribution in [1.82, 2.24) is 4.90 Å². The fraction of sp³-hybridized carbons (Fsp3) is 0.600. The fourth-order valence-corrected chi connectivity index (χ4v) is 3.09. The second-order valence-electron chi connectivity index (χ2n) is 7.32. The average molecular weight is 345 g/mol. The van der Waals surface area contributed by atoms with Crippen LogP contribution in [-0.4, -0.2) is 36.9 Å². The topological polar surface area (TPSA) is 52.7 Å². The van der Waals surface area contributed by atoms with Gasteiger partial charge in [0, 0.05) is 50.4 Å². The first-order valence-corrected chi connectivity index (χ1v) is 9.24. The summed E-state index contributed by atoms with van der Waals surface area (Å²) in [5, 5.41) is 3.04. The molecule has 0 radical (unpaired) electrons. The number of carbonyl (C=O) groups is 2. The highest BCUT2D eigenvalue weighted by molar-refractivity contribution is 5.93. The molecule has 25 heavy (non-hydrogen) atoms. The Bertz CT molecular complexity index is 621. The van der Waals surface area contributed by atoms with Gasteiger partial charge in [0.25, 0.3) is 0 Å². The maximum Gasteiger partial charge on any atom is 0.227 e. The van der Waals surface area contributed by atoms with E-state index in [1.807, 2.05) is 62.9 Å². The van der Waals surface area contributed by atoms with Gasteiger partial charge >= 0.3 is 0 Å².